The SMILES string of the molecule is CN(C)C(=O)O[C@@H]1C[C@@H]2C[C@H](N(Cl)CC(=O)N3CCC[C@H]3C#N)C[C@@H]2C1. The van der Waals surface area contributed by atoms with E-state index in [1.165, 1.54) is 4.90 Å². The summed E-state index contributed by atoms with van der Waals surface area (Å²) >= 11 is 6.44. The molecular weight excluding hydrogens is 356 g/mol. The Kier molecular flexibility index (Phi) is 5.93. The molecule has 26 heavy (non-hydrogen) atoms. The number of rotatable bonds is 4. The fourth-order valence-electron chi connectivity index (χ4n) is 4.65. The fourth-order valence-corrected chi connectivity index (χ4v) is 4.91. The van der Waals surface area contributed by atoms with Crippen LogP contribution in [0.3, 0.4) is 0 Å². The third-order valence-corrected chi connectivity index (χ3v) is 6.38. The number of likely N-dealkylation sites (tertiary alicyclic amines) is 1. The van der Waals surface area contributed by atoms with Crippen molar-refractivity contribution in [2.75, 3.05) is 27.2 Å². The second-order valence-electron chi connectivity index (χ2n) is 7.95. The van der Waals surface area contributed by atoms with Crippen molar-refractivity contribution in [2.45, 2.75) is 56.7 Å². The lowest BCUT2D eigenvalue weighted by Crippen LogP contribution is -2.42. The van der Waals surface area contributed by atoms with Gasteiger partial charge in [0.15, 0.2) is 0 Å². The topological polar surface area (TPSA) is 76.9 Å². The summed E-state index contributed by atoms with van der Waals surface area (Å²) in [4.78, 5) is 27.3. The molecule has 2 saturated carbocycles. The van der Waals surface area contributed by atoms with E-state index in [4.69, 9.17) is 21.8 Å². The average Bonchev–Trinajstić information content (AvgIpc) is 3.28. The maximum absolute atomic E-state index is 12.5. The monoisotopic (exact) mass is 382 g/mol. The van der Waals surface area contributed by atoms with Crippen LogP contribution in [0.1, 0.15) is 38.5 Å². The van der Waals surface area contributed by atoms with Gasteiger partial charge in [-0.3, -0.25) is 4.79 Å². The third kappa shape index (κ3) is 4.07. The predicted octanol–water partition coefficient (Wildman–Crippen LogP) is 2.21. The maximum atomic E-state index is 12.5. The Bertz CT molecular complexity index is 579. The molecule has 1 heterocycles. The van der Waals surface area contributed by atoms with Crippen molar-refractivity contribution < 1.29 is 14.3 Å². The van der Waals surface area contributed by atoms with Gasteiger partial charge in [-0.2, -0.15) is 5.26 Å². The highest BCUT2D eigenvalue weighted by Gasteiger charge is 2.45. The van der Waals surface area contributed by atoms with Gasteiger partial charge in [0.05, 0.1) is 12.6 Å². The zero-order valence-electron chi connectivity index (χ0n) is 15.4. The maximum Gasteiger partial charge on any atom is 0.409 e. The number of carbonyl (C=O) groups excluding carboxylic acids is 2. The van der Waals surface area contributed by atoms with Crippen molar-refractivity contribution in [2.24, 2.45) is 11.8 Å². The van der Waals surface area contributed by atoms with Gasteiger partial charge in [0.25, 0.3) is 0 Å². The minimum Gasteiger partial charge on any atom is -0.446 e. The second-order valence-corrected chi connectivity index (χ2v) is 8.38. The van der Waals surface area contributed by atoms with Gasteiger partial charge >= 0.3 is 6.09 Å². The molecule has 0 aromatic heterocycles. The van der Waals surface area contributed by atoms with Crippen LogP contribution in [-0.2, 0) is 9.53 Å². The lowest BCUT2D eigenvalue weighted by molar-refractivity contribution is -0.131. The number of nitriles is 1. The zero-order chi connectivity index (χ0) is 18.8. The Morgan fingerprint density at radius 3 is 2.46 bits per heavy atom. The van der Waals surface area contributed by atoms with Crippen LogP contribution in [0.15, 0.2) is 0 Å². The molecule has 3 fully saturated rings. The largest absolute Gasteiger partial charge is 0.446 e. The average molecular weight is 383 g/mol. The molecule has 0 aromatic rings. The quantitative estimate of drug-likeness (QED) is 0.697. The lowest BCUT2D eigenvalue weighted by Gasteiger charge is -2.26. The van der Waals surface area contributed by atoms with E-state index in [1.807, 2.05) is 0 Å². The van der Waals surface area contributed by atoms with E-state index in [1.54, 1.807) is 23.4 Å². The van der Waals surface area contributed by atoms with Crippen molar-refractivity contribution >= 4 is 23.8 Å². The number of carbonyl (C=O) groups is 2. The molecule has 2 amide bonds. The molecule has 0 aromatic carbocycles. The van der Waals surface area contributed by atoms with Crippen LogP contribution in [-0.4, -0.2) is 71.6 Å². The summed E-state index contributed by atoms with van der Waals surface area (Å²) in [6, 6.07) is 2.06. The number of hydrogen-bond acceptors (Lipinski definition) is 5. The summed E-state index contributed by atoms with van der Waals surface area (Å²) < 4.78 is 7.14. The minimum atomic E-state index is -0.303. The van der Waals surface area contributed by atoms with Crippen LogP contribution >= 0.6 is 11.8 Å². The molecule has 0 spiro atoms. The smallest absolute Gasteiger partial charge is 0.409 e. The lowest BCUT2D eigenvalue weighted by atomic mass is 10.0. The molecule has 0 unspecified atom stereocenters. The van der Waals surface area contributed by atoms with Gasteiger partial charge in [0.1, 0.15) is 12.1 Å². The normalized spacial score (nSPS) is 33.2. The molecule has 8 heteroatoms. The Labute approximate surface area is 159 Å². The molecule has 144 valence electrons. The zero-order valence-corrected chi connectivity index (χ0v) is 16.2. The summed E-state index contributed by atoms with van der Waals surface area (Å²) in [5.41, 5.74) is 0. The minimum absolute atomic E-state index is 0.00718. The molecule has 7 nitrogen and oxygen atoms in total. The molecule has 3 aliphatic rings. The Morgan fingerprint density at radius 1 is 1.23 bits per heavy atom. The first-order valence-corrected chi connectivity index (χ1v) is 9.72. The number of fused-ring (bicyclic) bond motifs is 1. The summed E-state index contributed by atoms with van der Waals surface area (Å²) in [7, 11) is 3.38. The predicted molar refractivity (Wildman–Crippen MR) is 96.1 cm³/mol. The Morgan fingerprint density at radius 2 is 1.88 bits per heavy atom. The first-order chi connectivity index (χ1) is 12.4. The summed E-state index contributed by atoms with van der Waals surface area (Å²) in [5.74, 6) is 0.934. The Hall–Kier alpha value is -1.52. The van der Waals surface area contributed by atoms with Gasteiger partial charge < -0.3 is 14.5 Å². The van der Waals surface area contributed by atoms with E-state index >= 15 is 0 Å². The van der Waals surface area contributed by atoms with E-state index in [2.05, 4.69) is 6.07 Å². The van der Waals surface area contributed by atoms with Gasteiger partial charge in [-0.25, -0.2) is 9.21 Å². The summed E-state index contributed by atoms with van der Waals surface area (Å²) in [6.45, 7) is 0.805. The van der Waals surface area contributed by atoms with E-state index in [-0.39, 0.29) is 36.7 Å². The van der Waals surface area contributed by atoms with E-state index in [9.17, 15) is 9.59 Å². The first-order valence-electron chi connectivity index (χ1n) is 9.38. The van der Waals surface area contributed by atoms with E-state index < -0.39 is 0 Å². The Balaban J connectivity index is 1.46. The fraction of sp³-hybridized carbons (Fsp3) is 0.833. The van der Waals surface area contributed by atoms with Crippen molar-refractivity contribution in [1.29, 1.82) is 5.26 Å². The highest BCUT2D eigenvalue weighted by molar-refractivity contribution is 6.14. The van der Waals surface area contributed by atoms with Crippen molar-refractivity contribution in [1.82, 2.24) is 14.2 Å². The molecular formula is C18H27ClN4O3. The molecule has 1 aliphatic heterocycles. The number of hydrogen-bond donors (Lipinski definition) is 0. The first kappa shape index (κ1) is 19.2. The van der Waals surface area contributed by atoms with Gasteiger partial charge in [-0.15, -0.1) is 0 Å². The molecule has 5 atom stereocenters. The van der Waals surface area contributed by atoms with Gasteiger partial charge in [-0.05, 0) is 62.1 Å². The van der Waals surface area contributed by atoms with Crippen LogP contribution < -0.4 is 0 Å². The van der Waals surface area contributed by atoms with Gasteiger partial charge in [0.2, 0.25) is 5.91 Å². The molecule has 2 aliphatic carbocycles. The van der Waals surface area contributed by atoms with Gasteiger partial charge in [-0.1, -0.05) is 0 Å². The number of nitrogens with zero attached hydrogens (tertiary/aromatic N) is 4. The highest BCUT2D eigenvalue weighted by atomic mass is 35.5. The number of amides is 2. The van der Waals surface area contributed by atoms with Crippen LogP contribution in [0, 0.1) is 23.2 Å². The van der Waals surface area contributed by atoms with E-state index in [0.717, 1.165) is 38.5 Å². The standard InChI is InChI=1S/C18H27ClN4O3/c1-21(2)18(25)26-16-8-12-6-15(7-13(12)9-16)23(19)11-17(24)22-5-3-4-14(22)10-20/h12-16H,3-9,11H2,1-2H3/t12-,13+,14-,15-,16+/m0/s1. The molecule has 0 bridgehead atoms. The second kappa shape index (κ2) is 8.01. The van der Waals surface area contributed by atoms with Crippen LogP contribution in [0.2, 0.25) is 0 Å². The third-order valence-electron chi connectivity index (χ3n) is 5.98. The van der Waals surface area contributed by atoms with Crippen molar-refractivity contribution in [3.05, 3.63) is 0 Å². The van der Waals surface area contributed by atoms with Gasteiger partial charge in [0, 0.05) is 26.7 Å². The van der Waals surface area contributed by atoms with E-state index in [0.29, 0.717) is 18.4 Å². The highest BCUT2D eigenvalue weighted by Crippen LogP contribution is 2.47. The van der Waals surface area contributed by atoms with Crippen molar-refractivity contribution in [3.63, 3.8) is 0 Å². The van der Waals surface area contributed by atoms with Crippen LogP contribution in [0.5, 0.6) is 0 Å². The number of halogens is 1. The van der Waals surface area contributed by atoms with Crippen LogP contribution in [0.4, 0.5) is 4.79 Å². The molecule has 0 radical (unpaired) electrons. The molecule has 3 rings (SSSR count). The van der Waals surface area contributed by atoms with Crippen LogP contribution in [0.25, 0.3) is 0 Å². The molecule has 1 saturated heterocycles. The summed E-state index contributed by atoms with van der Waals surface area (Å²) in [6.07, 6.45) is 4.96. The van der Waals surface area contributed by atoms with Crippen molar-refractivity contribution in [3.8, 4) is 6.07 Å². The number of ether oxygens (including phenoxy) is 1. The molecule has 0 N–H and O–H groups in total. The summed E-state index contributed by atoms with van der Waals surface area (Å²) in [5, 5.41) is 9.13.